The van der Waals surface area contributed by atoms with Gasteiger partial charge in [-0.15, -0.1) is 0 Å². The predicted molar refractivity (Wildman–Crippen MR) is 180 cm³/mol. The Morgan fingerprint density at radius 3 is 2.45 bits per heavy atom. The van der Waals surface area contributed by atoms with Gasteiger partial charge in [0.25, 0.3) is 0 Å². The van der Waals surface area contributed by atoms with Gasteiger partial charge in [-0.2, -0.15) is 15.4 Å². The van der Waals surface area contributed by atoms with Crippen molar-refractivity contribution in [2.45, 2.75) is 90.8 Å². The van der Waals surface area contributed by atoms with Gasteiger partial charge in [-0.05, 0) is 58.9 Å². The van der Waals surface area contributed by atoms with E-state index in [1.54, 1.807) is 56.3 Å². The van der Waals surface area contributed by atoms with Crippen LogP contribution in [0.25, 0.3) is 5.52 Å². The van der Waals surface area contributed by atoms with E-state index in [0.717, 1.165) is 0 Å². The highest BCUT2D eigenvalue weighted by molar-refractivity contribution is 7.52. The van der Waals surface area contributed by atoms with Crippen LogP contribution in [0, 0.1) is 17.2 Å². The van der Waals surface area contributed by atoms with Crippen LogP contribution in [0.4, 0.5) is 5.82 Å². The third kappa shape index (κ3) is 9.14. The quantitative estimate of drug-likeness (QED) is 0.157. The number of carbonyl (C=O) groups is 2. The van der Waals surface area contributed by atoms with Crippen molar-refractivity contribution in [3.63, 3.8) is 0 Å². The van der Waals surface area contributed by atoms with E-state index in [9.17, 15) is 19.4 Å². The van der Waals surface area contributed by atoms with Crippen molar-refractivity contribution < 1.29 is 37.4 Å². The second-order valence-corrected chi connectivity index (χ2v) is 14.4. The molecule has 1 aliphatic rings. The SMILES string of the molecule is CC(C)C(=O)O[C@H]1C[C@H](c2ccc3c(N)ncnn23)O[C@]1(C#N)COP(=O)(N[C@@H](C)C(=O)OCCN(C(C)C)C(C)C)Oc1ccccc1. The molecule has 0 bridgehead atoms. The molecule has 0 aliphatic carbocycles. The number of nitrogens with two attached hydrogens (primary N) is 1. The largest absolute Gasteiger partial charge is 0.463 e. The first-order valence-corrected chi connectivity index (χ1v) is 17.8. The lowest BCUT2D eigenvalue weighted by molar-refractivity contribution is -0.161. The van der Waals surface area contributed by atoms with Crippen LogP contribution < -0.4 is 15.3 Å². The van der Waals surface area contributed by atoms with E-state index < -0.39 is 56.1 Å². The average Bonchev–Trinajstić information content (AvgIpc) is 3.64. The number of nitrogens with zero attached hydrogens (tertiary/aromatic N) is 5. The van der Waals surface area contributed by atoms with E-state index in [-0.39, 0.29) is 36.7 Å². The monoisotopic (exact) mass is 699 g/mol. The van der Waals surface area contributed by atoms with Gasteiger partial charge in [0.05, 0.1) is 11.6 Å². The van der Waals surface area contributed by atoms with Gasteiger partial charge in [-0.1, -0.05) is 32.0 Å². The van der Waals surface area contributed by atoms with Crippen molar-refractivity contribution >= 4 is 31.0 Å². The number of nitrogens with one attached hydrogen (secondary N) is 1. The molecule has 1 aliphatic heterocycles. The minimum atomic E-state index is -4.42. The minimum Gasteiger partial charge on any atom is -0.463 e. The minimum absolute atomic E-state index is 0.0508. The van der Waals surface area contributed by atoms with Crippen LogP contribution in [0.1, 0.15) is 66.7 Å². The molecular weight excluding hydrogens is 653 g/mol. The Morgan fingerprint density at radius 1 is 1.12 bits per heavy atom. The first-order chi connectivity index (χ1) is 23.2. The molecule has 0 saturated carbocycles. The highest BCUT2D eigenvalue weighted by atomic mass is 31.2. The van der Waals surface area contributed by atoms with Crippen LogP contribution in [0.5, 0.6) is 5.75 Å². The number of benzene rings is 1. The lowest BCUT2D eigenvalue weighted by Crippen LogP contribution is -2.46. The number of ether oxygens (including phenoxy) is 3. The highest BCUT2D eigenvalue weighted by Crippen LogP contribution is 2.49. The molecule has 1 saturated heterocycles. The van der Waals surface area contributed by atoms with Gasteiger partial charge in [0.15, 0.2) is 5.82 Å². The van der Waals surface area contributed by atoms with Crippen molar-refractivity contribution in [1.82, 2.24) is 24.6 Å². The Kier molecular flexibility index (Phi) is 12.4. The average molecular weight is 700 g/mol. The summed E-state index contributed by atoms with van der Waals surface area (Å²) in [6, 6.07) is 13.1. The second-order valence-electron chi connectivity index (χ2n) is 12.7. The molecule has 49 heavy (non-hydrogen) atoms. The fourth-order valence-corrected chi connectivity index (χ4v) is 7.03. The second kappa shape index (κ2) is 16.1. The van der Waals surface area contributed by atoms with E-state index in [1.165, 1.54) is 17.8 Å². The van der Waals surface area contributed by atoms with Gasteiger partial charge in [0.2, 0.25) is 5.60 Å². The Hall–Kier alpha value is -4.06. The van der Waals surface area contributed by atoms with E-state index in [4.69, 9.17) is 29.0 Å². The standard InChI is InChI=1S/C33H46N7O8P/c1-21(2)31(41)46-29-17-28(26-13-14-27-30(35)36-20-37-40(26)27)47-33(29,18-34)19-45-49(43,48-25-11-9-8-10-12-25)38-24(7)32(42)44-16-15-39(22(3)4)23(5)6/h8-14,20-24,28-29H,15-17,19H2,1-7H3,(H,38,43)(H2,35,36,37)/t24-,28+,29-,33+,49?/m0/s1. The number of para-hydroxylation sites is 1. The number of esters is 2. The molecule has 5 atom stereocenters. The maximum atomic E-state index is 14.4. The van der Waals surface area contributed by atoms with Crippen molar-refractivity contribution in [1.29, 1.82) is 5.26 Å². The summed E-state index contributed by atoms with van der Waals surface area (Å²) in [5.74, 6) is -1.32. The zero-order valence-electron chi connectivity index (χ0n) is 28.9. The van der Waals surface area contributed by atoms with Crippen LogP contribution in [0.15, 0.2) is 48.8 Å². The number of nitriles is 1. The first kappa shape index (κ1) is 37.8. The van der Waals surface area contributed by atoms with Crippen LogP contribution >= 0.6 is 7.75 Å². The van der Waals surface area contributed by atoms with E-state index in [1.807, 2.05) is 0 Å². The summed E-state index contributed by atoms with van der Waals surface area (Å²) in [5.41, 5.74) is 5.13. The topological polar surface area (TPSA) is 193 Å². The third-order valence-corrected chi connectivity index (χ3v) is 9.73. The molecule has 0 spiro atoms. The fraction of sp³-hybridized carbons (Fsp3) is 0.545. The predicted octanol–water partition coefficient (Wildman–Crippen LogP) is 4.45. The van der Waals surface area contributed by atoms with Crippen LogP contribution in [-0.2, 0) is 32.9 Å². The summed E-state index contributed by atoms with van der Waals surface area (Å²) in [6.07, 6.45) is -0.607. The molecule has 1 aromatic carbocycles. The van der Waals surface area contributed by atoms with Gasteiger partial charge in [0, 0.05) is 25.0 Å². The summed E-state index contributed by atoms with van der Waals surface area (Å²) in [7, 11) is -4.42. The molecule has 266 valence electrons. The van der Waals surface area contributed by atoms with Crippen molar-refractivity contribution in [3.8, 4) is 11.8 Å². The van der Waals surface area contributed by atoms with Gasteiger partial charge in [0.1, 0.15) is 55.1 Å². The van der Waals surface area contributed by atoms with Gasteiger partial charge in [-0.25, -0.2) is 14.1 Å². The highest BCUT2D eigenvalue weighted by Gasteiger charge is 2.55. The maximum absolute atomic E-state index is 14.4. The molecule has 3 aromatic rings. The molecule has 16 heteroatoms. The molecule has 4 rings (SSSR count). The Bertz CT molecular complexity index is 1670. The molecule has 1 unspecified atom stereocenters. The molecule has 3 heterocycles. The van der Waals surface area contributed by atoms with E-state index in [0.29, 0.717) is 17.8 Å². The van der Waals surface area contributed by atoms with E-state index in [2.05, 4.69) is 53.8 Å². The zero-order valence-corrected chi connectivity index (χ0v) is 29.8. The number of nitrogen functional groups attached to an aromatic ring is 1. The number of carbonyl (C=O) groups excluding carboxylic acids is 2. The Labute approximate surface area is 286 Å². The van der Waals surface area contributed by atoms with Crippen molar-refractivity contribution in [3.05, 3.63) is 54.5 Å². The number of anilines is 1. The fourth-order valence-electron chi connectivity index (χ4n) is 5.51. The lowest BCUT2D eigenvalue weighted by atomic mass is 9.98. The van der Waals surface area contributed by atoms with Crippen LogP contribution in [0.3, 0.4) is 0 Å². The Morgan fingerprint density at radius 2 is 1.82 bits per heavy atom. The smallest absolute Gasteiger partial charge is 0.459 e. The van der Waals surface area contributed by atoms with Gasteiger partial charge < -0.3 is 24.5 Å². The summed E-state index contributed by atoms with van der Waals surface area (Å²) < 4.78 is 45.2. The van der Waals surface area contributed by atoms with Gasteiger partial charge in [-0.3, -0.25) is 19.0 Å². The zero-order chi connectivity index (χ0) is 35.9. The number of fused-ring (bicyclic) bond motifs is 1. The lowest BCUT2D eigenvalue weighted by Gasteiger charge is -2.31. The summed E-state index contributed by atoms with van der Waals surface area (Å²) in [4.78, 5) is 32.0. The third-order valence-electron chi connectivity index (χ3n) is 8.10. The first-order valence-electron chi connectivity index (χ1n) is 16.3. The number of hydrogen-bond acceptors (Lipinski definition) is 13. The van der Waals surface area contributed by atoms with Crippen LogP contribution in [-0.4, -0.2) is 81.0 Å². The molecule has 15 nitrogen and oxygen atoms in total. The van der Waals surface area contributed by atoms with Crippen molar-refractivity contribution in [2.24, 2.45) is 5.92 Å². The summed E-state index contributed by atoms with van der Waals surface area (Å²) in [6.45, 7) is 13.0. The Balaban J connectivity index is 1.58. The molecule has 0 amide bonds. The summed E-state index contributed by atoms with van der Waals surface area (Å²) >= 11 is 0. The molecule has 0 radical (unpaired) electrons. The van der Waals surface area contributed by atoms with Crippen molar-refractivity contribution in [2.75, 3.05) is 25.5 Å². The van der Waals surface area contributed by atoms with Crippen LogP contribution in [0.2, 0.25) is 0 Å². The number of hydrogen-bond donors (Lipinski definition) is 2. The normalized spacial score (nSPS) is 21.2. The molecule has 1 fully saturated rings. The summed E-state index contributed by atoms with van der Waals surface area (Å²) in [5, 5.41) is 17.5. The maximum Gasteiger partial charge on any atom is 0.459 e. The number of aromatic nitrogens is 3. The molecular formula is C33H46N7O8P. The number of rotatable bonds is 16. The van der Waals surface area contributed by atoms with Gasteiger partial charge >= 0.3 is 19.7 Å². The molecule has 2 aromatic heterocycles. The molecule has 3 N–H and O–H groups in total. The van der Waals surface area contributed by atoms with E-state index >= 15 is 0 Å².